The third kappa shape index (κ3) is 2.93. The van der Waals surface area contributed by atoms with Gasteiger partial charge in [-0.05, 0) is 12.8 Å². The van der Waals surface area contributed by atoms with Crippen molar-refractivity contribution in [2.24, 2.45) is 0 Å². The van der Waals surface area contributed by atoms with E-state index in [1.165, 1.54) is 25.8 Å². The molecule has 3 nitrogen and oxygen atoms in total. The minimum Gasteiger partial charge on any atom is -0.379 e. The second-order valence-corrected chi connectivity index (χ2v) is 4.04. The van der Waals surface area contributed by atoms with E-state index in [9.17, 15) is 0 Å². The zero-order valence-corrected chi connectivity index (χ0v) is 8.30. The van der Waals surface area contributed by atoms with Gasteiger partial charge in [0, 0.05) is 32.2 Å². The molecular weight excluding hydrogens is 164 g/mol. The van der Waals surface area contributed by atoms with Gasteiger partial charge in [-0.25, -0.2) is 0 Å². The molecule has 0 atom stereocenters. The maximum atomic E-state index is 5.30. The van der Waals surface area contributed by atoms with E-state index in [-0.39, 0.29) is 0 Å². The van der Waals surface area contributed by atoms with Gasteiger partial charge in [-0.15, -0.1) is 0 Å². The van der Waals surface area contributed by atoms with Gasteiger partial charge in [0.25, 0.3) is 0 Å². The molecule has 0 aromatic rings. The van der Waals surface area contributed by atoms with E-state index >= 15 is 0 Å². The van der Waals surface area contributed by atoms with Crippen molar-refractivity contribution in [2.75, 3.05) is 39.4 Å². The summed E-state index contributed by atoms with van der Waals surface area (Å²) < 4.78 is 5.30. The Morgan fingerprint density at radius 1 is 1.23 bits per heavy atom. The Morgan fingerprint density at radius 3 is 2.62 bits per heavy atom. The molecule has 2 fully saturated rings. The molecule has 1 N–H and O–H groups in total. The van der Waals surface area contributed by atoms with Gasteiger partial charge in [-0.2, -0.15) is 0 Å². The smallest absolute Gasteiger partial charge is 0.0594 e. The van der Waals surface area contributed by atoms with Crippen LogP contribution in [0, 0.1) is 0 Å². The molecular formula is C10H20N2O. The molecule has 76 valence electrons. The lowest BCUT2D eigenvalue weighted by atomic mass is 9.93. The quantitative estimate of drug-likeness (QED) is 0.687. The molecule has 3 heteroatoms. The molecule has 2 rings (SSSR count). The Labute approximate surface area is 80.4 Å². The van der Waals surface area contributed by atoms with E-state index < -0.39 is 0 Å². The maximum Gasteiger partial charge on any atom is 0.0594 e. The van der Waals surface area contributed by atoms with E-state index in [2.05, 4.69) is 10.2 Å². The second-order valence-electron chi connectivity index (χ2n) is 4.04. The lowest BCUT2D eigenvalue weighted by Gasteiger charge is -2.30. The van der Waals surface area contributed by atoms with Gasteiger partial charge in [0.15, 0.2) is 0 Å². The van der Waals surface area contributed by atoms with E-state index in [4.69, 9.17) is 4.74 Å². The summed E-state index contributed by atoms with van der Waals surface area (Å²) in [5.41, 5.74) is 0. The zero-order valence-electron chi connectivity index (χ0n) is 8.30. The minimum absolute atomic E-state index is 0.834. The fourth-order valence-electron chi connectivity index (χ4n) is 1.86. The Kier molecular flexibility index (Phi) is 3.58. The summed E-state index contributed by atoms with van der Waals surface area (Å²) in [6, 6.07) is 0.834. The molecule has 1 aliphatic heterocycles. The number of rotatable bonds is 4. The highest BCUT2D eigenvalue weighted by molar-refractivity contribution is 4.76. The number of hydrogen-bond acceptors (Lipinski definition) is 3. The normalized spacial score (nSPS) is 25.8. The summed E-state index contributed by atoms with van der Waals surface area (Å²) in [6.45, 7) is 6.43. The average molecular weight is 184 g/mol. The van der Waals surface area contributed by atoms with Crippen LogP contribution in [-0.2, 0) is 4.74 Å². The van der Waals surface area contributed by atoms with Crippen LogP contribution in [0.5, 0.6) is 0 Å². The van der Waals surface area contributed by atoms with Crippen molar-refractivity contribution < 1.29 is 4.74 Å². The van der Waals surface area contributed by atoms with Crippen LogP contribution in [-0.4, -0.2) is 50.3 Å². The maximum absolute atomic E-state index is 5.30. The van der Waals surface area contributed by atoms with Crippen LogP contribution in [0.1, 0.15) is 19.3 Å². The van der Waals surface area contributed by atoms with E-state index in [0.29, 0.717) is 0 Å². The van der Waals surface area contributed by atoms with Gasteiger partial charge in [0.05, 0.1) is 13.2 Å². The van der Waals surface area contributed by atoms with Crippen molar-refractivity contribution in [1.82, 2.24) is 10.2 Å². The highest BCUT2D eigenvalue weighted by atomic mass is 16.5. The first-order valence-corrected chi connectivity index (χ1v) is 5.48. The van der Waals surface area contributed by atoms with Gasteiger partial charge < -0.3 is 10.1 Å². The van der Waals surface area contributed by atoms with Crippen LogP contribution in [0.2, 0.25) is 0 Å². The van der Waals surface area contributed by atoms with Gasteiger partial charge >= 0.3 is 0 Å². The highest BCUT2D eigenvalue weighted by Crippen LogP contribution is 2.17. The zero-order chi connectivity index (χ0) is 8.93. The summed E-state index contributed by atoms with van der Waals surface area (Å²) >= 11 is 0. The monoisotopic (exact) mass is 184 g/mol. The molecule has 0 bridgehead atoms. The molecule has 0 spiro atoms. The summed E-state index contributed by atoms with van der Waals surface area (Å²) in [5, 5.41) is 3.58. The lowest BCUT2D eigenvalue weighted by molar-refractivity contribution is 0.0378. The Bertz CT molecular complexity index is 142. The second kappa shape index (κ2) is 4.94. The van der Waals surface area contributed by atoms with Gasteiger partial charge in [-0.3, -0.25) is 4.90 Å². The molecule has 2 aliphatic rings. The molecule has 1 saturated carbocycles. The molecule has 0 aromatic carbocycles. The van der Waals surface area contributed by atoms with Gasteiger partial charge in [0.1, 0.15) is 0 Å². The van der Waals surface area contributed by atoms with Gasteiger partial charge in [0.2, 0.25) is 0 Å². The minimum atomic E-state index is 0.834. The summed E-state index contributed by atoms with van der Waals surface area (Å²) in [6.07, 6.45) is 4.21. The van der Waals surface area contributed by atoms with Crippen molar-refractivity contribution in [3.05, 3.63) is 0 Å². The predicted octanol–water partition coefficient (Wildman–Crippen LogP) is 0.461. The van der Waals surface area contributed by atoms with Crippen molar-refractivity contribution in [2.45, 2.75) is 25.3 Å². The number of nitrogens with zero attached hydrogens (tertiary/aromatic N) is 1. The topological polar surface area (TPSA) is 24.5 Å². The first-order chi connectivity index (χ1) is 6.45. The molecule has 0 aromatic heterocycles. The van der Waals surface area contributed by atoms with Crippen LogP contribution in [0.4, 0.5) is 0 Å². The molecule has 0 amide bonds. The van der Waals surface area contributed by atoms with Crippen molar-refractivity contribution in [1.29, 1.82) is 0 Å². The standard InChI is InChI=1S/C10H20N2O/c1-2-10(3-1)11-4-5-12-6-8-13-9-7-12/h10-11H,1-9H2. The van der Waals surface area contributed by atoms with E-state index in [1.807, 2.05) is 0 Å². The van der Waals surface area contributed by atoms with Crippen LogP contribution in [0.3, 0.4) is 0 Å². The molecule has 1 aliphatic carbocycles. The summed E-state index contributed by atoms with van der Waals surface area (Å²) in [5.74, 6) is 0. The van der Waals surface area contributed by atoms with E-state index in [1.54, 1.807) is 0 Å². The fourth-order valence-corrected chi connectivity index (χ4v) is 1.86. The number of ether oxygens (including phenoxy) is 1. The molecule has 0 unspecified atom stereocenters. The van der Waals surface area contributed by atoms with Crippen LogP contribution < -0.4 is 5.32 Å². The first-order valence-electron chi connectivity index (χ1n) is 5.48. The van der Waals surface area contributed by atoms with Crippen molar-refractivity contribution in [3.63, 3.8) is 0 Å². The SMILES string of the molecule is C1CC(NCCN2CCOCC2)C1. The lowest BCUT2D eigenvalue weighted by Crippen LogP contribution is -2.43. The molecule has 1 heterocycles. The largest absolute Gasteiger partial charge is 0.379 e. The van der Waals surface area contributed by atoms with Crippen LogP contribution in [0.15, 0.2) is 0 Å². The molecule has 0 radical (unpaired) electrons. The summed E-state index contributed by atoms with van der Waals surface area (Å²) in [7, 11) is 0. The Balaban J connectivity index is 1.50. The molecule has 13 heavy (non-hydrogen) atoms. The molecule has 1 saturated heterocycles. The summed E-state index contributed by atoms with van der Waals surface area (Å²) in [4.78, 5) is 2.48. The van der Waals surface area contributed by atoms with Crippen LogP contribution in [0.25, 0.3) is 0 Å². The van der Waals surface area contributed by atoms with Crippen molar-refractivity contribution in [3.8, 4) is 0 Å². The average Bonchev–Trinajstić information content (AvgIpc) is 2.11. The van der Waals surface area contributed by atoms with Crippen molar-refractivity contribution >= 4 is 0 Å². The number of nitrogens with one attached hydrogen (secondary N) is 1. The van der Waals surface area contributed by atoms with Crippen LogP contribution >= 0.6 is 0 Å². The predicted molar refractivity (Wildman–Crippen MR) is 52.9 cm³/mol. The first kappa shape index (κ1) is 9.44. The third-order valence-corrected chi connectivity index (χ3v) is 3.07. The number of morpholine rings is 1. The fraction of sp³-hybridized carbons (Fsp3) is 1.00. The Morgan fingerprint density at radius 2 is 2.00 bits per heavy atom. The number of hydrogen-bond donors (Lipinski definition) is 1. The van der Waals surface area contributed by atoms with Gasteiger partial charge in [-0.1, -0.05) is 6.42 Å². The third-order valence-electron chi connectivity index (χ3n) is 3.07. The van der Waals surface area contributed by atoms with E-state index in [0.717, 1.165) is 38.9 Å². The highest BCUT2D eigenvalue weighted by Gasteiger charge is 2.16. The Hall–Kier alpha value is -0.120.